The van der Waals surface area contributed by atoms with Gasteiger partial charge in [-0.3, -0.25) is 9.59 Å². The summed E-state index contributed by atoms with van der Waals surface area (Å²) >= 11 is 0. The Hall–Kier alpha value is -1.72. The molecule has 1 amide bonds. The number of methoxy groups -OCH3 is 1. The van der Waals surface area contributed by atoms with Crippen molar-refractivity contribution in [3.05, 3.63) is 35.9 Å². The lowest BCUT2D eigenvalue weighted by atomic mass is 10.0. The highest BCUT2D eigenvalue weighted by molar-refractivity contribution is 6.38. The molecule has 0 saturated carbocycles. The summed E-state index contributed by atoms with van der Waals surface area (Å²) in [7, 11) is 1.52. The van der Waals surface area contributed by atoms with Gasteiger partial charge in [0.05, 0.1) is 12.6 Å². The van der Waals surface area contributed by atoms with Gasteiger partial charge in [-0.2, -0.15) is 0 Å². The second-order valence-electron chi connectivity index (χ2n) is 3.91. The molecule has 98 valence electrons. The molecule has 0 bridgehead atoms. The average molecular weight is 250 g/mol. The van der Waals surface area contributed by atoms with Crippen molar-refractivity contribution in [2.75, 3.05) is 20.3 Å². The summed E-state index contributed by atoms with van der Waals surface area (Å²) in [5, 5.41) is 2.46. The quantitative estimate of drug-likeness (QED) is 0.522. The fraction of sp³-hybridized carbons (Fsp3) is 0.385. The number of benzene rings is 1. The van der Waals surface area contributed by atoms with E-state index in [2.05, 4.69) is 5.32 Å². The maximum Gasteiger partial charge on any atom is 0.289 e. The van der Waals surface area contributed by atoms with Gasteiger partial charge in [0.25, 0.3) is 5.91 Å². The first-order valence-electron chi connectivity index (χ1n) is 5.75. The van der Waals surface area contributed by atoms with Crippen molar-refractivity contribution in [1.82, 2.24) is 5.32 Å². The highest BCUT2D eigenvalue weighted by Crippen LogP contribution is 2.02. The molecule has 0 aromatic heterocycles. The average Bonchev–Trinajstić information content (AvgIpc) is 2.39. The number of nitrogens with two attached hydrogens (primary N) is 1. The molecule has 5 nitrogen and oxygen atoms in total. The van der Waals surface area contributed by atoms with Crippen LogP contribution >= 0.6 is 0 Å². The number of carbonyl (C=O) groups excluding carboxylic acids is 2. The summed E-state index contributed by atoms with van der Waals surface area (Å²) in [5.74, 6) is -1.26. The Kier molecular flexibility index (Phi) is 6.04. The van der Waals surface area contributed by atoms with Crippen LogP contribution in [-0.2, 0) is 20.7 Å². The second-order valence-corrected chi connectivity index (χ2v) is 3.91. The maximum atomic E-state index is 11.7. The SMILES string of the molecule is COCCNC(=O)C(=O)[C@@H](N)Cc1ccccc1. The molecule has 0 aliphatic carbocycles. The first-order valence-corrected chi connectivity index (χ1v) is 5.75. The topological polar surface area (TPSA) is 81.4 Å². The lowest BCUT2D eigenvalue weighted by molar-refractivity contribution is -0.138. The van der Waals surface area contributed by atoms with E-state index in [9.17, 15) is 9.59 Å². The van der Waals surface area contributed by atoms with Crippen LogP contribution in [0.25, 0.3) is 0 Å². The normalized spacial score (nSPS) is 11.9. The van der Waals surface area contributed by atoms with Gasteiger partial charge in [0.1, 0.15) is 0 Å². The van der Waals surface area contributed by atoms with E-state index in [-0.39, 0.29) is 0 Å². The highest BCUT2D eigenvalue weighted by atomic mass is 16.5. The van der Waals surface area contributed by atoms with E-state index < -0.39 is 17.7 Å². The third-order valence-electron chi connectivity index (χ3n) is 2.45. The minimum absolute atomic E-state index is 0.305. The lowest BCUT2D eigenvalue weighted by Crippen LogP contribution is -2.44. The number of hydrogen-bond donors (Lipinski definition) is 2. The Bertz CT molecular complexity index is 392. The number of ether oxygens (including phenoxy) is 1. The van der Waals surface area contributed by atoms with E-state index in [0.29, 0.717) is 19.6 Å². The molecule has 1 atom stereocenters. The van der Waals surface area contributed by atoms with Gasteiger partial charge in [-0.1, -0.05) is 30.3 Å². The molecular weight excluding hydrogens is 232 g/mol. The van der Waals surface area contributed by atoms with Crippen molar-refractivity contribution < 1.29 is 14.3 Å². The Balaban J connectivity index is 2.43. The van der Waals surface area contributed by atoms with Gasteiger partial charge in [0.15, 0.2) is 0 Å². The zero-order chi connectivity index (χ0) is 13.4. The van der Waals surface area contributed by atoms with Gasteiger partial charge in [0, 0.05) is 13.7 Å². The monoisotopic (exact) mass is 250 g/mol. The summed E-state index contributed by atoms with van der Waals surface area (Å²) in [6.07, 6.45) is 0.359. The van der Waals surface area contributed by atoms with Crippen LogP contribution in [0.3, 0.4) is 0 Å². The number of amides is 1. The lowest BCUT2D eigenvalue weighted by Gasteiger charge is -2.10. The van der Waals surface area contributed by atoms with E-state index in [4.69, 9.17) is 10.5 Å². The van der Waals surface area contributed by atoms with Gasteiger partial charge in [-0.25, -0.2) is 0 Å². The molecule has 5 heteroatoms. The number of rotatable bonds is 7. The Morgan fingerprint density at radius 2 is 2.00 bits per heavy atom. The van der Waals surface area contributed by atoms with E-state index in [1.165, 1.54) is 7.11 Å². The molecule has 1 aromatic carbocycles. The van der Waals surface area contributed by atoms with Crippen LogP contribution in [0.4, 0.5) is 0 Å². The van der Waals surface area contributed by atoms with Gasteiger partial charge < -0.3 is 15.8 Å². The first kappa shape index (κ1) is 14.3. The third kappa shape index (κ3) is 4.65. The summed E-state index contributed by atoms with van der Waals surface area (Å²) in [4.78, 5) is 23.1. The zero-order valence-corrected chi connectivity index (χ0v) is 10.4. The van der Waals surface area contributed by atoms with Gasteiger partial charge >= 0.3 is 0 Å². The van der Waals surface area contributed by atoms with Crippen LogP contribution in [0, 0.1) is 0 Å². The molecular formula is C13H18N2O3. The van der Waals surface area contributed by atoms with Crippen molar-refractivity contribution in [3.63, 3.8) is 0 Å². The molecule has 0 fully saturated rings. The van der Waals surface area contributed by atoms with Crippen LogP contribution in [0.15, 0.2) is 30.3 Å². The van der Waals surface area contributed by atoms with Gasteiger partial charge in [-0.15, -0.1) is 0 Å². The molecule has 0 aliphatic rings. The van der Waals surface area contributed by atoms with E-state index in [0.717, 1.165) is 5.56 Å². The summed E-state index contributed by atoms with van der Waals surface area (Å²) in [6, 6.07) is 8.55. The maximum absolute atomic E-state index is 11.7. The molecule has 1 rings (SSSR count). The molecule has 1 aromatic rings. The predicted molar refractivity (Wildman–Crippen MR) is 68.0 cm³/mol. The van der Waals surface area contributed by atoms with Crippen molar-refractivity contribution in [2.45, 2.75) is 12.5 Å². The molecule has 0 radical (unpaired) electrons. The molecule has 0 saturated heterocycles. The number of carbonyl (C=O) groups is 2. The van der Waals surface area contributed by atoms with E-state index >= 15 is 0 Å². The van der Waals surface area contributed by atoms with Crippen molar-refractivity contribution in [2.24, 2.45) is 5.73 Å². The van der Waals surface area contributed by atoms with E-state index in [1.54, 1.807) is 0 Å². The van der Waals surface area contributed by atoms with Crippen molar-refractivity contribution in [1.29, 1.82) is 0 Å². The Labute approximate surface area is 106 Å². The van der Waals surface area contributed by atoms with E-state index in [1.807, 2.05) is 30.3 Å². The third-order valence-corrected chi connectivity index (χ3v) is 2.45. The first-order chi connectivity index (χ1) is 8.65. The molecule has 18 heavy (non-hydrogen) atoms. The van der Waals surface area contributed by atoms with Crippen LogP contribution in [-0.4, -0.2) is 38.0 Å². The number of hydrogen-bond acceptors (Lipinski definition) is 4. The Morgan fingerprint density at radius 1 is 1.33 bits per heavy atom. The highest BCUT2D eigenvalue weighted by Gasteiger charge is 2.21. The molecule has 0 aliphatic heterocycles. The molecule has 0 heterocycles. The number of ketones is 1. The predicted octanol–water partition coefficient (Wildman–Crippen LogP) is -0.112. The molecule has 3 N–H and O–H groups in total. The minimum atomic E-state index is -0.810. The standard InChI is InChI=1S/C13H18N2O3/c1-18-8-7-15-13(17)12(16)11(14)9-10-5-3-2-4-6-10/h2-6,11H,7-9,14H2,1H3,(H,15,17)/t11-/m0/s1. The summed E-state index contributed by atoms with van der Waals surface area (Å²) < 4.78 is 4.77. The second kappa shape index (κ2) is 7.58. The van der Waals surface area contributed by atoms with Gasteiger partial charge in [-0.05, 0) is 12.0 Å². The van der Waals surface area contributed by atoms with Gasteiger partial charge in [0.2, 0.25) is 5.78 Å². The fourth-order valence-electron chi connectivity index (χ4n) is 1.48. The largest absolute Gasteiger partial charge is 0.383 e. The van der Waals surface area contributed by atoms with Crippen molar-refractivity contribution >= 4 is 11.7 Å². The van der Waals surface area contributed by atoms with Crippen LogP contribution in [0.2, 0.25) is 0 Å². The molecule has 0 spiro atoms. The smallest absolute Gasteiger partial charge is 0.289 e. The summed E-state index contributed by atoms with van der Waals surface area (Å²) in [6.45, 7) is 0.673. The molecule has 0 unspecified atom stereocenters. The number of nitrogens with one attached hydrogen (secondary N) is 1. The number of Topliss-reactive ketones (excluding diaryl/α,β-unsaturated/α-hetero) is 1. The zero-order valence-electron chi connectivity index (χ0n) is 10.4. The van der Waals surface area contributed by atoms with Crippen LogP contribution in [0.1, 0.15) is 5.56 Å². The van der Waals surface area contributed by atoms with Crippen LogP contribution in [0.5, 0.6) is 0 Å². The van der Waals surface area contributed by atoms with Crippen LogP contribution < -0.4 is 11.1 Å². The minimum Gasteiger partial charge on any atom is -0.383 e. The fourth-order valence-corrected chi connectivity index (χ4v) is 1.48. The van der Waals surface area contributed by atoms with Crippen molar-refractivity contribution in [3.8, 4) is 0 Å². The summed E-state index contributed by atoms with van der Waals surface area (Å²) in [5.41, 5.74) is 6.65. The Morgan fingerprint density at radius 3 is 2.61 bits per heavy atom.